The van der Waals surface area contributed by atoms with Crippen molar-refractivity contribution in [3.05, 3.63) is 21.2 Å². The minimum absolute atomic E-state index is 0.720. The average Bonchev–Trinajstić information content (AvgIpc) is 2.13. The van der Waals surface area contributed by atoms with Crippen LogP contribution >= 0.6 is 15.9 Å². The monoisotopic (exact) mass is 243 g/mol. The van der Waals surface area contributed by atoms with Crippen LogP contribution in [-0.2, 0) is 0 Å². The number of rotatable bonds is 1. The molecular weight excluding hydrogens is 230 g/mol. The highest BCUT2D eigenvalue weighted by Crippen LogP contribution is 2.37. The first kappa shape index (κ1) is 10.4. The summed E-state index contributed by atoms with van der Waals surface area (Å²) in [5.41, 5.74) is 9.95. The summed E-state index contributed by atoms with van der Waals surface area (Å²) in [6.07, 6.45) is 0. The van der Waals surface area contributed by atoms with Crippen LogP contribution in [0.1, 0.15) is 16.7 Å². The van der Waals surface area contributed by atoms with Crippen molar-refractivity contribution in [2.24, 2.45) is 0 Å². The van der Waals surface area contributed by atoms with Crippen molar-refractivity contribution < 1.29 is 4.74 Å². The fraction of sp³-hybridized carbons (Fsp3) is 0.400. The van der Waals surface area contributed by atoms with Gasteiger partial charge in [0.05, 0.1) is 12.8 Å². The smallest absolute Gasteiger partial charge is 0.145 e. The Morgan fingerprint density at radius 1 is 1.08 bits per heavy atom. The molecule has 0 amide bonds. The van der Waals surface area contributed by atoms with Crippen molar-refractivity contribution in [2.45, 2.75) is 20.8 Å². The predicted molar refractivity (Wildman–Crippen MR) is 59.3 cm³/mol. The van der Waals surface area contributed by atoms with Gasteiger partial charge in [0.15, 0.2) is 0 Å². The van der Waals surface area contributed by atoms with E-state index < -0.39 is 0 Å². The molecule has 0 aliphatic heterocycles. The molecule has 3 heteroatoms. The largest absolute Gasteiger partial charge is 0.494 e. The minimum atomic E-state index is 0.720. The van der Waals surface area contributed by atoms with Gasteiger partial charge in [0.25, 0.3) is 0 Å². The van der Waals surface area contributed by atoms with Crippen molar-refractivity contribution in [1.29, 1.82) is 0 Å². The molecule has 1 aromatic rings. The molecule has 0 bridgehead atoms. The van der Waals surface area contributed by atoms with Gasteiger partial charge in [-0.3, -0.25) is 0 Å². The highest BCUT2D eigenvalue weighted by Gasteiger charge is 2.13. The maximum absolute atomic E-state index is 5.91. The first-order chi connectivity index (χ1) is 6.00. The van der Waals surface area contributed by atoms with E-state index in [-0.39, 0.29) is 0 Å². The topological polar surface area (TPSA) is 35.2 Å². The Kier molecular flexibility index (Phi) is 2.86. The van der Waals surface area contributed by atoms with Crippen LogP contribution in [0.3, 0.4) is 0 Å². The Labute approximate surface area is 87.2 Å². The van der Waals surface area contributed by atoms with E-state index in [0.717, 1.165) is 27.0 Å². The third-order valence-electron chi connectivity index (χ3n) is 2.41. The maximum atomic E-state index is 5.91. The second-order valence-electron chi connectivity index (χ2n) is 3.14. The van der Waals surface area contributed by atoms with Crippen molar-refractivity contribution in [2.75, 3.05) is 12.8 Å². The van der Waals surface area contributed by atoms with E-state index in [0.29, 0.717) is 0 Å². The predicted octanol–water partition coefficient (Wildman–Crippen LogP) is 2.97. The van der Waals surface area contributed by atoms with Crippen LogP contribution in [0.25, 0.3) is 0 Å². The molecule has 72 valence electrons. The van der Waals surface area contributed by atoms with Crippen LogP contribution in [0, 0.1) is 20.8 Å². The molecule has 0 aliphatic carbocycles. The van der Waals surface area contributed by atoms with Gasteiger partial charge in [0.1, 0.15) is 5.75 Å². The number of benzene rings is 1. The van der Waals surface area contributed by atoms with E-state index >= 15 is 0 Å². The molecule has 0 radical (unpaired) electrons. The molecule has 0 saturated carbocycles. The van der Waals surface area contributed by atoms with Crippen molar-refractivity contribution in [3.8, 4) is 5.75 Å². The SMILES string of the molecule is COc1c(C)c(C)c(Br)c(C)c1N. The lowest BCUT2D eigenvalue weighted by Gasteiger charge is -2.15. The molecule has 1 rings (SSSR count). The van der Waals surface area contributed by atoms with E-state index in [2.05, 4.69) is 15.9 Å². The van der Waals surface area contributed by atoms with Gasteiger partial charge in [0, 0.05) is 4.47 Å². The summed E-state index contributed by atoms with van der Waals surface area (Å²) < 4.78 is 6.32. The van der Waals surface area contributed by atoms with Crippen LogP contribution < -0.4 is 10.5 Å². The molecule has 2 N–H and O–H groups in total. The highest BCUT2D eigenvalue weighted by atomic mass is 79.9. The molecule has 0 unspecified atom stereocenters. The van der Waals surface area contributed by atoms with Crippen LogP contribution in [-0.4, -0.2) is 7.11 Å². The van der Waals surface area contributed by atoms with E-state index in [1.165, 1.54) is 5.56 Å². The number of hydrogen-bond donors (Lipinski definition) is 1. The number of halogens is 1. The van der Waals surface area contributed by atoms with Crippen LogP contribution in [0.15, 0.2) is 4.47 Å². The van der Waals surface area contributed by atoms with Gasteiger partial charge < -0.3 is 10.5 Å². The number of nitrogen functional groups attached to an aromatic ring is 1. The normalized spacial score (nSPS) is 10.2. The van der Waals surface area contributed by atoms with Gasteiger partial charge in [0.2, 0.25) is 0 Å². The lowest BCUT2D eigenvalue weighted by molar-refractivity contribution is 0.413. The molecular formula is C10H14BrNO. The molecule has 0 fully saturated rings. The lowest BCUT2D eigenvalue weighted by atomic mass is 10.0. The third kappa shape index (κ3) is 1.53. The Balaban J connectivity index is 3.56. The summed E-state index contributed by atoms with van der Waals surface area (Å²) >= 11 is 3.51. The van der Waals surface area contributed by atoms with Crippen LogP contribution in [0.4, 0.5) is 5.69 Å². The lowest BCUT2D eigenvalue weighted by Crippen LogP contribution is -2.01. The molecule has 0 aliphatic rings. The first-order valence-electron chi connectivity index (χ1n) is 4.09. The Morgan fingerprint density at radius 3 is 2.08 bits per heavy atom. The van der Waals surface area contributed by atoms with Gasteiger partial charge in [-0.25, -0.2) is 0 Å². The molecule has 13 heavy (non-hydrogen) atoms. The second kappa shape index (κ2) is 3.58. The summed E-state index contributed by atoms with van der Waals surface area (Å²) in [6.45, 7) is 6.04. The minimum Gasteiger partial charge on any atom is -0.494 e. The van der Waals surface area contributed by atoms with Gasteiger partial charge in [-0.2, -0.15) is 0 Å². The zero-order valence-electron chi connectivity index (χ0n) is 8.36. The number of anilines is 1. The number of methoxy groups -OCH3 is 1. The molecule has 0 aromatic heterocycles. The van der Waals surface area contributed by atoms with Crippen molar-refractivity contribution in [3.63, 3.8) is 0 Å². The van der Waals surface area contributed by atoms with E-state index in [9.17, 15) is 0 Å². The fourth-order valence-electron chi connectivity index (χ4n) is 1.37. The van der Waals surface area contributed by atoms with E-state index in [4.69, 9.17) is 10.5 Å². The summed E-state index contributed by atoms with van der Waals surface area (Å²) in [6, 6.07) is 0. The number of hydrogen-bond acceptors (Lipinski definition) is 2. The number of ether oxygens (including phenoxy) is 1. The quantitative estimate of drug-likeness (QED) is 0.771. The third-order valence-corrected chi connectivity index (χ3v) is 3.60. The Hall–Kier alpha value is -0.700. The van der Waals surface area contributed by atoms with Gasteiger partial charge in [-0.05, 0) is 37.5 Å². The van der Waals surface area contributed by atoms with Crippen molar-refractivity contribution >= 4 is 21.6 Å². The summed E-state index contributed by atoms with van der Waals surface area (Å²) in [5, 5.41) is 0. The molecule has 1 aromatic carbocycles. The maximum Gasteiger partial charge on any atom is 0.145 e. The van der Waals surface area contributed by atoms with Gasteiger partial charge in [-0.1, -0.05) is 15.9 Å². The molecule has 0 saturated heterocycles. The zero-order chi connectivity index (χ0) is 10.2. The highest BCUT2D eigenvalue weighted by molar-refractivity contribution is 9.10. The Bertz CT molecular complexity index is 318. The fourth-order valence-corrected chi connectivity index (χ4v) is 1.88. The molecule has 0 heterocycles. The van der Waals surface area contributed by atoms with Crippen molar-refractivity contribution in [1.82, 2.24) is 0 Å². The second-order valence-corrected chi connectivity index (χ2v) is 3.93. The molecule has 0 spiro atoms. The Morgan fingerprint density at radius 2 is 1.62 bits per heavy atom. The summed E-state index contributed by atoms with van der Waals surface area (Å²) in [7, 11) is 1.64. The van der Waals surface area contributed by atoms with Gasteiger partial charge >= 0.3 is 0 Å². The number of nitrogens with two attached hydrogens (primary N) is 1. The van der Waals surface area contributed by atoms with E-state index in [1.807, 2.05) is 20.8 Å². The average molecular weight is 244 g/mol. The van der Waals surface area contributed by atoms with Gasteiger partial charge in [-0.15, -0.1) is 0 Å². The molecule has 0 atom stereocenters. The van der Waals surface area contributed by atoms with Crippen LogP contribution in [0.5, 0.6) is 5.75 Å². The first-order valence-corrected chi connectivity index (χ1v) is 4.88. The zero-order valence-corrected chi connectivity index (χ0v) is 9.95. The van der Waals surface area contributed by atoms with Crippen LogP contribution in [0.2, 0.25) is 0 Å². The summed E-state index contributed by atoms with van der Waals surface area (Å²) in [5.74, 6) is 0.790. The van der Waals surface area contributed by atoms with E-state index in [1.54, 1.807) is 7.11 Å². The molecule has 2 nitrogen and oxygen atoms in total. The summed E-state index contributed by atoms with van der Waals surface area (Å²) in [4.78, 5) is 0. The standard InChI is InChI=1S/C10H14BrNO/c1-5-6(2)10(13-4)9(12)7(3)8(5)11/h12H2,1-4H3.